The Balaban J connectivity index is 0.000000720. The van der Waals surface area contributed by atoms with Crippen LogP contribution in [-0.2, 0) is 6.42 Å². The smallest absolute Gasteiger partial charge is 0.292 e. The van der Waals surface area contributed by atoms with Crippen LogP contribution in [-0.4, -0.2) is 4.98 Å². The molecule has 0 unspecified atom stereocenters. The molecule has 0 saturated carbocycles. The van der Waals surface area contributed by atoms with E-state index in [9.17, 15) is 0 Å². The molecule has 1 aromatic heterocycles. The molecule has 1 nitrogen and oxygen atoms in total. The molecule has 1 aliphatic carbocycles. The first-order valence-electron chi connectivity index (χ1n) is 4.16. The third kappa shape index (κ3) is 1.86. The maximum atomic E-state index is 4.46. The van der Waals surface area contributed by atoms with E-state index in [-0.39, 0.29) is 18.9 Å². The normalized spacial score (nSPS) is 14.1. The van der Waals surface area contributed by atoms with Gasteiger partial charge in [-0.25, -0.2) is 6.42 Å². The molecule has 0 bridgehead atoms. The van der Waals surface area contributed by atoms with Crippen LogP contribution in [0.15, 0.2) is 12.1 Å². The van der Waals surface area contributed by atoms with Crippen LogP contribution in [0.4, 0.5) is 0 Å². The Morgan fingerprint density at radius 2 is 2.25 bits per heavy atom. The topological polar surface area (TPSA) is 12.9 Å². The van der Waals surface area contributed by atoms with Gasteiger partial charge in [-0.2, -0.15) is 5.56 Å². The van der Waals surface area contributed by atoms with E-state index in [1.54, 1.807) is 0 Å². The van der Waals surface area contributed by atoms with Crippen molar-refractivity contribution in [2.75, 3.05) is 0 Å². The molecule has 0 aromatic carbocycles. The molecular formula is C10H12LiN. The fourth-order valence-corrected chi connectivity index (χ4v) is 1.53. The summed E-state index contributed by atoms with van der Waals surface area (Å²) in [6, 6.07) is 4.30. The summed E-state index contributed by atoms with van der Waals surface area (Å²) in [7, 11) is 0. The molecule has 58 valence electrons. The third-order valence-corrected chi connectivity index (χ3v) is 2.14. The molecule has 1 aliphatic rings. The van der Waals surface area contributed by atoms with Crippen LogP contribution in [0.5, 0.6) is 0 Å². The zero-order valence-electron chi connectivity index (χ0n) is 7.80. The Morgan fingerprint density at radius 1 is 1.42 bits per heavy atom. The van der Waals surface area contributed by atoms with Crippen molar-refractivity contribution >= 4 is 0 Å². The number of fused-ring (bicyclic) bond motifs is 1. The van der Waals surface area contributed by atoms with Gasteiger partial charge in [-0.1, -0.05) is 24.6 Å². The van der Waals surface area contributed by atoms with Crippen LogP contribution in [0, 0.1) is 13.3 Å². The predicted octanol–water partition coefficient (Wildman–Crippen LogP) is -0.717. The van der Waals surface area contributed by atoms with E-state index in [1.807, 2.05) is 6.92 Å². The number of rotatable bonds is 0. The van der Waals surface area contributed by atoms with E-state index < -0.39 is 0 Å². The van der Waals surface area contributed by atoms with Gasteiger partial charge in [0.2, 0.25) is 0 Å². The van der Waals surface area contributed by atoms with Gasteiger partial charge in [0.15, 0.2) is 0 Å². The van der Waals surface area contributed by atoms with Crippen LogP contribution < -0.4 is 18.9 Å². The molecule has 0 fully saturated rings. The minimum absolute atomic E-state index is 0. The molecule has 0 aliphatic heterocycles. The number of hydrogen-bond donors (Lipinski definition) is 0. The summed E-state index contributed by atoms with van der Waals surface area (Å²) in [6.45, 7) is 2.04. The monoisotopic (exact) mass is 153 g/mol. The Hall–Kier alpha value is -0.383. The molecule has 1 heterocycles. The Bertz CT molecular complexity index is 271. The van der Waals surface area contributed by atoms with E-state index in [2.05, 4.69) is 23.5 Å². The average Bonchev–Trinajstić information content (AvgIpc) is 2.04. The first-order chi connectivity index (χ1) is 5.36. The molecule has 12 heavy (non-hydrogen) atoms. The zero-order chi connectivity index (χ0) is 7.68. The van der Waals surface area contributed by atoms with Crippen LogP contribution in [0.3, 0.4) is 0 Å². The van der Waals surface area contributed by atoms with Gasteiger partial charge in [-0.05, 0) is 6.92 Å². The number of nitrogens with zero attached hydrogens (tertiary/aromatic N) is 1. The standard InChI is InChI=1S/C10H12N.Li/c1-8-6-7-9-4-2-3-5-10(9)11-8;/h5-7H,2-4H2,1H3;/q-1;+1. The molecule has 0 spiro atoms. The summed E-state index contributed by atoms with van der Waals surface area (Å²) in [5.41, 5.74) is 3.76. The number of aromatic nitrogens is 1. The fraction of sp³-hybridized carbons (Fsp3) is 0.400. The third-order valence-electron chi connectivity index (χ3n) is 2.14. The van der Waals surface area contributed by atoms with Crippen LogP contribution in [0.2, 0.25) is 0 Å². The first kappa shape index (κ1) is 9.70. The first-order valence-corrected chi connectivity index (χ1v) is 4.16. The molecular weight excluding hydrogens is 141 g/mol. The van der Waals surface area contributed by atoms with Crippen molar-refractivity contribution in [2.24, 2.45) is 0 Å². The van der Waals surface area contributed by atoms with Gasteiger partial charge in [0.1, 0.15) is 0 Å². The van der Waals surface area contributed by atoms with Gasteiger partial charge in [0.05, 0.1) is 0 Å². The summed E-state index contributed by atoms with van der Waals surface area (Å²) >= 11 is 0. The summed E-state index contributed by atoms with van der Waals surface area (Å²) in [6.07, 6.45) is 5.94. The largest absolute Gasteiger partial charge is 1.00 e. The van der Waals surface area contributed by atoms with Crippen LogP contribution in [0.25, 0.3) is 0 Å². The van der Waals surface area contributed by atoms with Gasteiger partial charge < -0.3 is 0 Å². The van der Waals surface area contributed by atoms with Crippen molar-refractivity contribution in [3.05, 3.63) is 35.5 Å². The summed E-state index contributed by atoms with van der Waals surface area (Å²) in [5.74, 6) is 0. The van der Waals surface area contributed by atoms with Crippen molar-refractivity contribution in [3.63, 3.8) is 0 Å². The van der Waals surface area contributed by atoms with Crippen LogP contribution in [0.1, 0.15) is 29.8 Å². The van der Waals surface area contributed by atoms with Crippen LogP contribution >= 0.6 is 0 Å². The van der Waals surface area contributed by atoms with Crippen molar-refractivity contribution in [3.8, 4) is 0 Å². The molecule has 2 heteroatoms. The van der Waals surface area contributed by atoms with E-state index in [1.165, 1.54) is 30.5 Å². The Labute approximate surface area is 85.8 Å². The maximum Gasteiger partial charge on any atom is 1.00 e. The molecule has 0 N–H and O–H groups in total. The summed E-state index contributed by atoms with van der Waals surface area (Å²) in [4.78, 5) is 4.46. The summed E-state index contributed by atoms with van der Waals surface area (Å²) in [5, 5.41) is 0. The van der Waals surface area contributed by atoms with Gasteiger partial charge in [-0.15, -0.1) is 12.5 Å². The van der Waals surface area contributed by atoms with Gasteiger partial charge >= 0.3 is 18.9 Å². The van der Waals surface area contributed by atoms with E-state index in [0.29, 0.717) is 0 Å². The minimum atomic E-state index is 0. The Kier molecular flexibility index (Phi) is 3.26. The maximum absolute atomic E-state index is 4.46. The molecule has 1 aromatic rings. The van der Waals surface area contributed by atoms with E-state index >= 15 is 0 Å². The second kappa shape index (κ2) is 4.03. The Morgan fingerprint density at radius 3 is 3.08 bits per heavy atom. The number of aryl methyl sites for hydroxylation is 2. The average molecular weight is 153 g/mol. The molecule has 2 rings (SSSR count). The van der Waals surface area contributed by atoms with Gasteiger partial charge in [0, 0.05) is 5.69 Å². The second-order valence-corrected chi connectivity index (χ2v) is 3.09. The van der Waals surface area contributed by atoms with E-state index in [0.717, 1.165) is 5.69 Å². The molecule has 0 atom stereocenters. The fourth-order valence-electron chi connectivity index (χ4n) is 1.53. The SMILES string of the molecule is Cc1ccc2c(n1)[CH-]CCC2.[Li+]. The van der Waals surface area contributed by atoms with Crippen molar-refractivity contribution in [1.82, 2.24) is 4.98 Å². The van der Waals surface area contributed by atoms with Crippen molar-refractivity contribution in [1.29, 1.82) is 0 Å². The summed E-state index contributed by atoms with van der Waals surface area (Å²) < 4.78 is 0. The number of pyridine rings is 1. The van der Waals surface area contributed by atoms with Gasteiger partial charge in [0.25, 0.3) is 0 Å². The van der Waals surface area contributed by atoms with E-state index in [4.69, 9.17) is 0 Å². The molecule has 0 amide bonds. The van der Waals surface area contributed by atoms with Crippen molar-refractivity contribution in [2.45, 2.75) is 26.2 Å². The molecule has 0 saturated heterocycles. The minimum Gasteiger partial charge on any atom is -0.292 e. The zero-order valence-corrected chi connectivity index (χ0v) is 7.80. The predicted molar refractivity (Wildman–Crippen MR) is 45.3 cm³/mol. The van der Waals surface area contributed by atoms with Gasteiger partial charge in [-0.3, -0.25) is 4.98 Å². The number of hydrogen-bond acceptors (Lipinski definition) is 1. The quantitative estimate of drug-likeness (QED) is 0.354. The molecule has 0 radical (unpaired) electrons. The second-order valence-electron chi connectivity index (χ2n) is 3.09. The van der Waals surface area contributed by atoms with Crippen molar-refractivity contribution < 1.29 is 18.9 Å².